The molecule has 2 rings (SSSR count). The van der Waals surface area contributed by atoms with Crippen molar-refractivity contribution in [1.29, 1.82) is 0 Å². The first-order valence-corrected chi connectivity index (χ1v) is 6.16. The number of rotatable bonds is 1. The summed E-state index contributed by atoms with van der Waals surface area (Å²) in [7, 11) is 0. The van der Waals surface area contributed by atoms with Crippen molar-refractivity contribution in [2.24, 2.45) is 22.6 Å². The minimum absolute atomic E-state index is 0.269. The highest BCUT2D eigenvalue weighted by Gasteiger charge is 2.45. The molecular formula is C12H23N3. The van der Waals surface area contributed by atoms with Gasteiger partial charge < -0.3 is 10.6 Å². The van der Waals surface area contributed by atoms with Crippen LogP contribution in [0.25, 0.3) is 0 Å². The third-order valence-electron chi connectivity index (χ3n) is 4.44. The van der Waals surface area contributed by atoms with Gasteiger partial charge in [-0.2, -0.15) is 0 Å². The van der Waals surface area contributed by atoms with Crippen LogP contribution in [0.2, 0.25) is 0 Å². The van der Waals surface area contributed by atoms with E-state index in [0.717, 1.165) is 30.9 Å². The number of likely N-dealkylation sites (N-methyl/N-ethyl adjacent to an activating group) is 1. The zero-order valence-corrected chi connectivity index (χ0v) is 10.2. The van der Waals surface area contributed by atoms with Crippen LogP contribution in [-0.4, -0.2) is 29.5 Å². The summed E-state index contributed by atoms with van der Waals surface area (Å²) in [4.78, 5) is 6.77. The highest BCUT2D eigenvalue weighted by atomic mass is 15.4. The molecule has 0 aromatic heterocycles. The molecule has 0 amide bonds. The molecule has 1 saturated carbocycles. The van der Waals surface area contributed by atoms with E-state index in [9.17, 15) is 0 Å². The van der Waals surface area contributed by atoms with Gasteiger partial charge in [-0.1, -0.05) is 13.8 Å². The monoisotopic (exact) mass is 209 g/mol. The lowest BCUT2D eigenvalue weighted by Gasteiger charge is -2.46. The van der Waals surface area contributed by atoms with Crippen molar-refractivity contribution in [3.8, 4) is 0 Å². The number of nitrogens with zero attached hydrogens (tertiary/aromatic N) is 2. The second-order valence-electron chi connectivity index (χ2n) is 5.34. The van der Waals surface area contributed by atoms with Gasteiger partial charge in [-0.05, 0) is 38.0 Å². The first-order valence-electron chi connectivity index (χ1n) is 6.16. The van der Waals surface area contributed by atoms with Crippen LogP contribution >= 0.6 is 0 Å². The Morgan fingerprint density at radius 2 is 2.20 bits per heavy atom. The molecule has 0 saturated heterocycles. The molecule has 1 spiro atoms. The number of hydrogen-bond donors (Lipinski definition) is 1. The summed E-state index contributed by atoms with van der Waals surface area (Å²) in [6, 6.07) is 0. The molecular weight excluding hydrogens is 186 g/mol. The predicted molar refractivity (Wildman–Crippen MR) is 63.8 cm³/mol. The van der Waals surface area contributed by atoms with E-state index in [4.69, 9.17) is 5.73 Å². The lowest BCUT2D eigenvalue weighted by molar-refractivity contribution is 0.0872. The molecule has 0 aromatic rings. The van der Waals surface area contributed by atoms with Gasteiger partial charge in [0.2, 0.25) is 0 Å². The van der Waals surface area contributed by atoms with Gasteiger partial charge in [-0.3, -0.25) is 4.99 Å². The van der Waals surface area contributed by atoms with Gasteiger partial charge in [0.05, 0.1) is 12.1 Å². The summed E-state index contributed by atoms with van der Waals surface area (Å²) >= 11 is 0. The summed E-state index contributed by atoms with van der Waals surface area (Å²) in [5.41, 5.74) is 6.22. The van der Waals surface area contributed by atoms with Gasteiger partial charge in [0.1, 0.15) is 0 Å². The summed E-state index contributed by atoms with van der Waals surface area (Å²) in [6.45, 7) is 8.83. The Balaban J connectivity index is 2.15. The molecule has 86 valence electrons. The van der Waals surface area contributed by atoms with Crippen LogP contribution in [0.15, 0.2) is 4.99 Å². The standard InChI is InChI=1S/C12H23N3/c1-4-15-11(13)14-8-12(15)6-5-9(2)10(3)7-12/h9-10H,4-8H2,1-3H3,(H2,13,14). The van der Waals surface area contributed by atoms with Gasteiger partial charge in [0.25, 0.3) is 0 Å². The van der Waals surface area contributed by atoms with E-state index in [1.165, 1.54) is 19.3 Å². The average Bonchev–Trinajstić information content (AvgIpc) is 2.50. The van der Waals surface area contributed by atoms with Gasteiger partial charge >= 0.3 is 0 Å². The second kappa shape index (κ2) is 3.69. The van der Waals surface area contributed by atoms with E-state index in [-0.39, 0.29) is 5.54 Å². The van der Waals surface area contributed by atoms with E-state index in [2.05, 4.69) is 30.7 Å². The van der Waals surface area contributed by atoms with E-state index >= 15 is 0 Å². The Kier molecular flexibility index (Phi) is 2.65. The molecule has 1 heterocycles. The highest BCUT2D eigenvalue weighted by Crippen LogP contribution is 2.41. The van der Waals surface area contributed by atoms with Gasteiger partial charge in [-0.25, -0.2) is 0 Å². The number of aliphatic imine (C=N–C) groups is 1. The van der Waals surface area contributed by atoms with Gasteiger partial charge in [0, 0.05) is 6.54 Å². The van der Waals surface area contributed by atoms with E-state index in [0.29, 0.717) is 0 Å². The number of guanidine groups is 1. The Labute approximate surface area is 92.7 Å². The van der Waals surface area contributed by atoms with Gasteiger partial charge in [0.15, 0.2) is 5.96 Å². The van der Waals surface area contributed by atoms with E-state index in [1.54, 1.807) is 0 Å². The normalized spacial score (nSPS) is 41.0. The van der Waals surface area contributed by atoms with Crippen LogP contribution in [0.5, 0.6) is 0 Å². The molecule has 1 fully saturated rings. The summed E-state index contributed by atoms with van der Waals surface area (Å²) in [5, 5.41) is 0. The first-order chi connectivity index (χ1) is 7.09. The first kappa shape index (κ1) is 10.8. The Hall–Kier alpha value is -0.730. The molecule has 2 N–H and O–H groups in total. The topological polar surface area (TPSA) is 41.6 Å². The quantitative estimate of drug-likeness (QED) is 0.716. The highest BCUT2D eigenvalue weighted by molar-refractivity contribution is 5.81. The molecule has 3 atom stereocenters. The van der Waals surface area contributed by atoms with Crippen molar-refractivity contribution in [2.45, 2.75) is 45.6 Å². The molecule has 15 heavy (non-hydrogen) atoms. The van der Waals surface area contributed by atoms with Crippen LogP contribution < -0.4 is 5.73 Å². The largest absolute Gasteiger partial charge is 0.370 e. The smallest absolute Gasteiger partial charge is 0.191 e. The Morgan fingerprint density at radius 1 is 1.47 bits per heavy atom. The van der Waals surface area contributed by atoms with Crippen molar-refractivity contribution < 1.29 is 0 Å². The number of nitrogens with two attached hydrogens (primary N) is 1. The van der Waals surface area contributed by atoms with Crippen molar-refractivity contribution in [3.63, 3.8) is 0 Å². The van der Waals surface area contributed by atoms with E-state index < -0.39 is 0 Å². The van der Waals surface area contributed by atoms with Crippen LogP contribution in [-0.2, 0) is 0 Å². The predicted octanol–water partition coefficient (Wildman–Crippen LogP) is 1.83. The number of hydrogen-bond acceptors (Lipinski definition) is 3. The third kappa shape index (κ3) is 1.62. The van der Waals surface area contributed by atoms with Crippen molar-refractivity contribution in [2.75, 3.05) is 13.1 Å². The van der Waals surface area contributed by atoms with Crippen LogP contribution in [0, 0.1) is 11.8 Å². The molecule has 3 nitrogen and oxygen atoms in total. The summed E-state index contributed by atoms with van der Waals surface area (Å²) < 4.78 is 0. The lowest BCUT2D eigenvalue weighted by atomic mass is 9.71. The zero-order valence-electron chi connectivity index (χ0n) is 10.2. The lowest BCUT2D eigenvalue weighted by Crippen LogP contribution is -2.54. The molecule has 3 unspecified atom stereocenters. The summed E-state index contributed by atoms with van der Waals surface area (Å²) in [6.07, 6.45) is 3.84. The Bertz CT molecular complexity index is 274. The molecule has 0 bridgehead atoms. The third-order valence-corrected chi connectivity index (χ3v) is 4.44. The minimum Gasteiger partial charge on any atom is -0.370 e. The fourth-order valence-electron chi connectivity index (χ4n) is 3.21. The van der Waals surface area contributed by atoms with Crippen LogP contribution in [0.1, 0.15) is 40.0 Å². The fourth-order valence-corrected chi connectivity index (χ4v) is 3.21. The molecule has 2 aliphatic rings. The zero-order chi connectivity index (χ0) is 11.1. The van der Waals surface area contributed by atoms with E-state index in [1.807, 2.05) is 0 Å². The Morgan fingerprint density at radius 3 is 2.80 bits per heavy atom. The molecule has 0 aromatic carbocycles. The van der Waals surface area contributed by atoms with Crippen molar-refractivity contribution >= 4 is 5.96 Å². The maximum atomic E-state index is 5.95. The average molecular weight is 209 g/mol. The fraction of sp³-hybridized carbons (Fsp3) is 0.917. The van der Waals surface area contributed by atoms with Crippen molar-refractivity contribution in [1.82, 2.24) is 4.90 Å². The maximum Gasteiger partial charge on any atom is 0.191 e. The second-order valence-corrected chi connectivity index (χ2v) is 5.34. The molecule has 1 aliphatic carbocycles. The van der Waals surface area contributed by atoms with Gasteiger partial charge in [-0.15, -0.1) is 0 Å². The van der Waals surface area contributed by atoms with Crippen LogP contribution in [0.3, 0.4) is 0 Å². The maximum absolute atomic E-state index is 5.95. The molecule has 1 aliphatic heterocycles. The SMILES string of the molecule is CCN1C(N)=NCC12CCC(C)C(C)C2. The molecule has 0 radical (unpaired) electrons. The minimum atomic E-state index is 0.269. The summed E-state index contributed by atoms with van der Waals surface area (Å²) in [5.74, 6) is 2.42. The molecule has 3 heteroatoms. The van der Waals surface area contributed by atoms with Crippen LogP contribution in [0.4, 0.5) is 0 Å². The van der Waals surface area contributed by atoms with Crippen molar-refractivity contribution in [3.05, 3.63) is 0 Å².